The van der Waals surface area contributed by atoms with Crippen LogP contribution in [-0.4, -0.2) is 36.5 Å². The predicted octanol–water partition coefficient (Wildman–Crippen LogP) is 2.73. The molecule has 1 aromatic rings. The number of carbonyl (C=O) groups excluding carboxylic acids is 1. The first-order chi connectivity index (χ1) is 9.54. The third-order valence-corrected chi connectivity index (χ3v) is 3.99. The first-order valence-electron chi connectivity index (χ1n) is 7.30. The number of amides is 1. The molecule has 1 amide bonds. The maximum absolute atomic E-state index is 12.3. The Bertz CT molecular complexity index is 446. The summed E-state index contributed by atoms with van der Waals surface area (Å²) in [4.78, 5) is 14.3. The molecule has 1 aromatic carbocycles. The van der Waals surface area contributed by atoms with Crippen molar-refractivity contribution in [1.82, 2.24) is 10.2 Å². The second kappa shape index (κ2) is 7.09. The fourth-order valence-corrected chi connectivity index (χ4v) is 2.81. The molecule has 110 valence electrons. The lowest BCUT2D eigenvalue weighted by Gasteiger charge is -2.32. The summed E-state index contributed by atoms with van der Waals surface area (Å²) >= 11 is 5.88. The highest BCUT2D eigenvalue weighted by atomic mass is 35.5. The van der Waals surface area contributed by atoms with E-state index in [9.17, 15) is 4.79 Å². The van der Waals surface area contributed by atoms with Crippen LogP contribution < -0.4 is 5.32 Å². The van der Waals surface area contributed by atoms with Gasteiger partial charge in [0.15, 0.2) is 0 Å². The molecule has 2 rings (SSSR count). The first kappa shape index (κ1) is 15.3. The van der Waals surface area contributed by atoms with Gasteiger partial charge < -0.3 is 10.2 Å². The van der Waals surface area contributed by atoms with E-state index in [0.29, 0.717) is 18.4 Å². The average Bonchev–Trinajstić information content (AvgIpc) is 2.41. The lowest BCUT2D eigenvalue weighted by molar-refractivity contribution is -0.133. The van der Waals surface area contributed by atoms with E-state index in [1.807, 2.05) is 29.2 Å². The van der Waals surface area contributed by atoms with E-state index >= 15 is 0 Å². The molecule has 1 N–H and O–H groups in total. The Morgan fingerprint density at radius 1 is 1.45 bits per heavy atom. The van der Waals surface area contributed by atoms with E-state index in [4.69, 9.17) is 11.6 Å². The normalized spacial score (nSPS) is 20.8. The van der Waals surface area contributed by atoms with Gasteiger partial charge in [-0.1, -0.05) is 30.7 Å². The maximum Gasteiger partial charge on any atom is 0.222 e. The van der Waals surface area contributed by atoms with Crippen LogP contribution in [0.3, 0.4) is 0 Å². The number of nitrogens with zero attached hydrogens (tertiary/aromatic N) is 1. The molecule has 3 nitrogen and oxygen atoms in total. The third-order valence-electron chi connectivity index (χ3n) is 3.74. The summed E-state index contributed by atoms with van der Waals surface area (Å²) in [6, 6.07) is 8.29. The predicted molar refractivity (Wildman–Crippen MR) is 83.0 cm³/mol. The van der Waals surface area contributed by atoms with Crippen LogP contribution in [0.5, 0.6) is 0 Å². The van der Waals surface area contributed by atoms with Gasteiger partial charge in [0, 0.05) is 37.1 Å². The van der Waals surface area contributed by atoms with Crippen molar-refractivity contribution in [1.29, 1.82) is 0 Å². The van der Waals surface area contributed by atoms with Crippen molar-refractivity contribution < 1.29 is 4.79 Å². The van der Waals surface area contributed by atoms with Crippen molar-refractivity contribution >= 4 is 17.5 Å². The zero-order valence-corrected chi connectivity index (χ0v) is 13.0. The van der Waals surface area contributed by atoms with Crippen LogP contribution >= 0.6 is 11.6 Å². The summed E-state index contributed by atoms with van der Waals surface area (Å²) in [6.07, 6.45) is 1.54. The van der Waals surface area contributed by atoms with Crippen LogP contribution in [-0.2, 0) is 11.2 Å². The molecule has 0 saturated carbocycles. The molecular formula is C16H23ClN2O. The first-order valence-corrected chi connectivity index (χ1v) is 7.68. The third kappa shape index (κ3) is 4.50. The molecule has 1 aliphatic rings. The Morgan fingerprint density at radius 3 is 2.80 bits per heavy atom. The van der Waals surface area contributed by atoms with Crippen LogP contribution in [0.25, 0.3) is 0 Å². The quantitative estimate of drug-likeness (QED) is 0.926. The van der Waals surface area contributed by atoms with E-state index < -0.39 is 0 Å². The molecular weight excluding hydrogens is 272 g/mol. The van der Waals surface area contributed by atoms with Gasteiger partial charge in [0.05, 0.1) is 0 Å². The van der Waals surface area contributed by atoms with Crippen molar-refractivity contribution in [2.24, 2.45) is 5.92 Å². The fourth-order valence-electron chi connectivity index (χ4n) is 2.68. The van der Waals surface area contributed by atoms with Gasteiger partial charge in [-0.25, -0.2) is 0 Å². The number of benzene rings is 1. The van der Waals surface area contributed by atoms with Crippen molar-refractivity contribution in [3.63, 3.8) is 0 Å². The van der Waals surface area contributed by atoms with Gasteiger partial charge in [-0.3, -0.25) is 4.79 Å². The van der Waals surface area contributed by atoms with E-state index in [-0.39, 0.29) is 5.91 Å². The standard InChI is InChI=1S/C16H23ClN2O/c1-12(9-14-3-5-15(17)6-4-14)10-16(20)19-8-7-18-13(2)11-19/h3-6,12-13,18H,7-11H2,1-2H3/t12?,13-/m1/s1. The number of halogens is 1. The molecule has 20 heavy (non-hydrogen) atoms. The number of carbonyl (C=O) groups is 1. The number of nitrogens with one attached hydrogen (secondary N) is 1. The Kier molecular flexibility index (Phi) is 5.44. The summed E-state index contributed by atoms with van der Waals surface area (Å²) in [7, 11) is 0. The zero-order chi connectivity index (χ0) is 14.5. The van der Waals surface area contributed by atoms with Crippen molar-refractivity contribution in [2.45, 2.75) is 32.7 Å². The second-order valence-electron chi connectivity index (χ2n) is 5.83. The summed E-state index contributed by atoms with van der Waals surface area (Å²) in [6.45, 7) is 6.82. The van der Waals surface area contributed by atoms with Crippen LogP contribution in [0.15, 0.2) is 24.3 Å². The molecule has 2 atom stereocenters. The van der Waals surface area contributed by atoms with Crippen molar-refractivity contribution in [3.8, 4) is 0 Å². The van der Waals surface area contributed by atoms with Gasteiger partial charge in [0.2, 0.25) is 5.91 Å². The Labute approximate surface area is 126 Å². The van der Waals surface area contributed by atoms with E-state index in [1.165, 1.54) is 5.56 Å². The minimum absolute atomic E-state index is 0.278. The Balaban J connectivity index is 1.82. The van der Waals surface area contributed by atoms with Gasteiger partial charge in [-0.15, -0.1) is 0 Å². The lowest BCUT2D eigenvalue weighted by atomic mass is 9.97. The monoisotopic (exact) mass is 294 g/mol. The maximum atomic E-state index is 12.3. The minimum Gasteiger partial charge on any atom is -0.340 e. The fraction of sp³-hybridized carbons (Fsp3) is 0.562. The van der Waals surface area contributed by atoms with Crippen LogP contribution in [0.1, 0.15) is 25.8 Å². The molecule has 0 bridgehead atoms. The summed E-state index contributed by atoms with van der Waals surface area (Å²) < 4.78 is 0. The average molecular weight is 295 g/mol. The molecule has 0 radical (unpaired) electrons. The van der Waals surface area contributed by atoms with E-state index in [2.05, 4.69) is 19.2 Å². The molecule has 0 aliphatic carbocycles. The van der Waals surface area contributed by atoms with Crippen LogP contribution in [0.4, 0.5) is 0 Å². The molecule has 4 heteroatoms. The van der Waals surface area contributed by atoms with Gasteiger partial charge in [0.1, 0.15) is 0 Å². The molecule has 1 saturated heterocycles. The molecule has 1 unspecified atom stereocenters. The molecule has 0 spiro atoms. The molecule has 1 fully saturated rings. The van der Waals surface area contributed by atoms with Crippen molar-refractivity contribution in [3.05, 3.63) is 34.9 Å². The Morgan fingerprint density at radius 2 is 2.15 bits per heavy atom. The van der Waals surface area contributed by atoms with Gasteiger partial charge in [0.25, 0.3) is 0 Å². The number of rotatable bonds is 4. The number of hydrogen-bond donors (Lipinski definition) is 1. The second-order valence-corrected chi connectivity index (χ2v) is 6.27. The number of hydrogen-bond acceptors (Lipinski definition) is 2. The minimum atomic E-state index is 0.278. The van der Waals surface area contributed by atoms with Gasteiger partial charge >= 0.3 is 0 Å². The Hall–Kier alpha value is -1.06. The summed E-state index contributed by atoms with van der Waals surface area (Å²) in [5.41, 5.74) is 1.24. The van der Waals surface area contributed by atoms with Gasteiger partial charge in [-0.2, -0.15) is 0 Å². The van der Waals surface area contributed by atoms with E-state index in [1.54, 1.807) is 0 Å². The highest BCUT2D eigenvalue weighted by Gasteiger charge is 2.21. The van der Waals surface area contributed by atoms with Crippen LogP contribution in [0, 0.1) is 5.92 Å². The summed E-state index contributed by atoms with van der Waals surface area (Å²) in [5, 5.41) is 4.12. The lowest BCUT2D eigenvalue weighted by Crippen LogP contribution is -2.51. The SMILES string of the molecule is CC(CC(=O)N1CCN[C@H](C)C1)Cc1ccc(Cl)cc1. The zero-order valence-electron chi connectivity index (χ0n) is 12.2. The smallest absolute Gasteiger partial charge is 0.222 e. The molecule has 1 aliphatic heterocycles. The van der Waals surface area contributed by atoms with Gasteiger partial charge in [-0.05, 0) is 37.0 Å². The molecule has 0 aromatic heterocycles. The van der Waals surface area contributed by atoms with E-state index in [0.717, 1.165) is 31.1 Å². The number of piperazine rings is 1. The topological polar surface area (TPSA) is 32.3 Å². The highest BCUT2D eigenvalue weighted by molar-refractivity contribution is 6.30. The molecule has 1 heterocycles. The van der Waals surface area contributed by atoms with Crippen molar-refractivity contribution in [2.75, 3.05) is 19.6 Å². The summed E-state index contributed by atoms with van der Waals surface area (Å²) in [5.74, 6) is 0.633. The van der Waals surface area contributed by atoms with Crippen LogP contribution in [0.2, 0.25) is 5.02 Å². The highest BCUT2D eigenvalue weighted by Crippen LogP contribution is 2.16. The largest absolute Gasteiger partial charge is 0.340 e.